The normalized spacial score (nSPS) is 19.1. The predicted molar refractivity (Wildman–Crippen MR) is 131 cm³/mol. The molecule has 3 aromatic rings. The summed E-state index contributed by atoms with van der Waals surface area (Å²) in [6.07, 6.45) is 9.74. The van der Waals surface area contributed by atoms with Gasteiger partial charge in [0.2, 0.25) is 0 Å². The van der Waals surface area contributed by atoms with Gasteiger partial charge in [-0.15, -0.1) is 11.8 Å². The van der Waals surface area contributed by atoms with Crippen molar-refractivity contribution in [3.63, 3.8) is 0 Å². The molecule has 0 spiro atoms. The standard InChI is InChI=1S/C26H32N2O4S/c1-31-22-5-6-25-24(16-22)20(7-10-27-25)4-2-3-19-8-11-28(17-21(19)15-26(29)30)12-14-33-23-9-13-32-18-23/h5-7,9-10,13,16,18-19,21H,2-4,8,11-12,14-15,17H2,1H3,(H,29,30)/t19-,21+/m1/s1. The molecule has 0 saturated carbocycles. The first-order valence-electron chi connectivity index (χ1n) is 11.6. The van der Waals surface area contributed by atoms with Crippen molar-refractivity contribution in [3.05, 3.63) is 54.6 Å². The number of piperidine rings is 1. The first-order valence-corrected chi connectivity index (χ1v) is 12.6. The van der Waals surface area contributed by atoms with Crippen molar-refractivity contribution in [2.24, 2.45) is 11.8 Å². The van der Waals surface area contributed by atoms with Crippen molar-refractivity contribution in [1.82, 2.24) is 9.88 Å². The van der Waals surface area contributed by atoms with Gasteiger partial charge in [-0.2, -0.15) is 0 Å². The van der Waals surface area contributed by atoms with Crippen molar-refractivity contribution in [2.45, 2.75) is 37.0 Å². The number of benzene rings is 1. The van der Waals surface area contributed by atoms with Crippen molar-refractivity contribution >= 4 is 28.6 Å². The summed E-state index contributed by atoms with van der Waals surface area (Å²) in [6, 6.07) is 10.1. The minimum absolute atomic E-state index is 0.212. The maximum atomic E-state index is 11.5. The Hall–Kier alpha value is -2.51. The van der Waals surface area contributed by atoms with Crippen LogP contribution in [0.2, 0.25) is 0 Å². The number of aliphatic carboxylic acids is 1. The Morgan fingerprint density at radius 3 is 3.00 bits per heavy atom. The number of carbonyl (C=O) groups is 1. The molecule has 4 rings (SSSR count). The maximum Gasteiger partial charge on any atom is 0.303 e. The number of carboxylic acids is 1. The number of hydrogen-bond acceptors (Lipinski definition) is 6. The number of thioether (sulfide) groups is 1. The van der Waals surface area contributed by atoms with Crippen LogP contribution in [0.25, 0.3) is 10.9 Å². The summed E-state index contributed by atoms with van der Waals surface area (Å²) in [7, 11) is 1.68. The lowest BCUT2D eigenvalue weighted by molar-refractivity contribution is -0.139. The highest BCUT2D eigenvalue weighted by Crippen LogP contribution is 2.32. The minimum Gasteiger partial charge on any atom is -0.497 e. The zero-order valence-corrected chi connectivity index (χ0v) is 19.9. The Morgan fingerprint density at radius 1 is 1.30 bits per heavy atom. The second-order valence-corrected chi connectivity index (χ2v) is 9.93. The van der Waals surface area contributed by atoms with Crippen LogP contribution in [0.5, 0.6) is 5.75 Å². The van der Waals surface area contributed by atoms with Crippen LogP contribution >= 0.6 is 11.8 Å². The Balaban J connectivity index is 1.31. The number of aromatic nitrogens is 1. The number of furan rings is 1. The van der Waals surface area contributed by atoms with Crippen LogP contribution < -0.4 is 4.74 Å². The summed E-state index contributed by atoms with van der Waals surface area (Å²) in [6.45, 7) is 2.89. The summed E-state index contributed by atoms with van der Waals surface area (Å²) >= 11 is 1.79. The fourth-order valence-corrected chi connectivity index (χ4v) is 5.76. The molecule has 1 aliphatic heterocycles. The van der Waals surface area contributed by atoms with Gasteiger partial charge in [0.25, 0.3) is 0 Å². The number of pyridine rings is 1. The van der Waals surface area contributed by atoms with E-state index in [9.17, 15) is 9.90 Å². The number of likely N-dealkylation sites (tertiary alicyclic amines) is 1. The number of aryl methyl sites for hydroxylation is 1. The molecule has 0 aliphatic carbocycles. The van der Waals surface area contributed by atoms with Crippen molar-refractivity contribution < 1.29 is 19.1 Å². The van der Waals surface area contributed by atoms with Gasteiger partial charge in [0, 0.05) is 41.7 Å². The number of ether oxygens (including phenoxy) is 1. The van der Waals surface area contributed by atoms with Gasteiger partial charge in [-0.1, -0.05) is 0 Å². The summed E-state index contributed by atoms with van der Waals surface area (Å²) < 4.78 is 10.5. The van der Waals surface area contributed by atoms with Crippen molar-refractivity contribution in [1.29, 1.82) is 0 Å². The second kappa shape index (κ2) is 11.6. The molecule has 1 aliphatic rings. The summed E-state index contributed by atoms with van der Waals surface area (Å²) in [5, 5.41) is 10.6. The van der Waals surface area contributed by atoms with Crippen LogP contribution in [0, 0.1) is 11.8 Å². The number of hydrogen-bond donors (Lipinski definition) is 1. The molecule has 176 valence electrons. The van der Waals surface area contributed by atoms with Gasteiger partial charge in [0.05, 0.1) is 18.9 Å². The van der Waals surface area contributed by atoms with Crippen LogP contribution in [0.4, 0.5) is 0 Å². The zero-order chi connectivity index (χ0) is 23.0. The topological polar surface area (TPSA) is 75.8 Å². The molecule has 1 N–H and O–H groups in total. The van der Waals surface area contributed by atoms with Gasteiger partial charge in [0.1, 0.15) is 12.0 Å². The number of nitrogens with zero attached hydrogens (tertiary/aromatic N) is 2. The monoisotopic (exact) mass is 468 g/mol. The molecule has 3 heterocycles. The van der Waals surface area contributed by atoms with E-state index in [1.165, 1.54) is 5.56 Å². The molecular formula is C26H32N2O4S. The van der Waals surface area contributed by atoms with Gasteiger partial charge in [-0.3, -0.25) is 9.78 Å². The van der Waals surface area contributed by atoms with E-state index in [0.717, 1.165) is 72.6 Å². The van der Waals surface area contributed by atoms with Gasteiger partial charge < -0.3 is 19.2 Å². The van der Waals surface area contributed by atoms with E-state index >= 15 is 0 Å². The Kier molecular flexibility index (Phi) is 8.29. The number of methoxy groups -OCH3 is 1. The highest BCUT2D eigenvalue weighted by Gasteiger charge is 2.30. The van der Waals surface area contributed by atoms with E-state index in [2.05, 4.69) is 22.0 Å². The molecule has 1 aromatic carbocycles. The van der Waals surface area contributed by atoms with Crippen LogP contribution in [0.1, 0.15) is 31.2 Å². The Bertz CT molecular complexity index is 1040. The van der Waals surface area contributed by atoms with E-state index in [0.29, 0.717) is 5.92 Å². The van der Waals surface area contributed by atoms with Gasteiger partial charge in [-0.25, -0.2) is 0 Å². The molecule has 0 unspecified atom stereocenters. The largest absolute Gasteiger partial charge is 0.497 e. The minimum atomic E-state index is -0.688. The van der Waals surface area contributed by atoms with E-state index in [4.69, 9.17) is 9.15 Å². The molecule has 1 saturated heterocycles. The molecule has 2 atom stereocenters. The zero-order valence-electron chi connectivity index (χ0n) is 19.1. The number of rotatable bonds is 11. The Labute approximate surface area is 199 Å². The fourth-order valence-electron chi connectivity index (χ4n) is 4.90. The van der Waals surface area contributed by atoms with E-state index in [-0.39, 0.29) is 12.3 Å². The van der Waals surface area contributed by atoms with Crippen LogP contribution in [-0.2, 0) is 11.2 Å². The highest BCUT2D eigenvalue weighted by molar-refractivity contribution is 7.99. The van der Waals surface area contributed by atoms with E-state index in [1.807, 2.05) is 24.4 Å². The second-order valence-electron chi connectivity index (χ2n) is 8.76. The van der Waals surface area contributed by atoms with Crippen molar-refractivity contribution in [2.75, 3.05) is 32.5 Å². The average Bonchev–Trinajstić information content (AvgIpc) is 3.33. The molecule has 0 amide bonds. The Morgan fingerprint density at radius 2 is 2.21 bits per heavy atom. The highest BCUT2D eigenvalue weighted by atomic mass is 32.2. The van der Waals surface area contributed by atoms with Gasteiger partial charge >= 0.3 is 5.97 Å². The molecule has 33 heavy (non-hydrogen) atoms. The lowest BCUT2D eigenvalue weighted by Gasteiger charge is -2.38. The average molecular weight is 469 g/mol. The summed E-state index contributed by atoms with van der Waals surface area (Å²) in [5.41, 5.74) is 2.26. The molecule has 0 radical (unpaired) electrons. The molecule has 2 aromatic heterocycles. The number of fused-ring (bicyclic) bond motifs is 1. The third-order valence-corrected chi connectivity index (χ3v) is 7.60. The van der Waals surface area contributed by atoms with Gasteiger partial charge in [0.15, 0.2) is 0 Å². The smallest absolute Gasteiger partial charge is 0.303 e. The summed E-state index contributed by atoms with van der Waals surface area (Å²) in [4.78, 5) is 19.6. The SMILES string of the molecule is COc1ccc2nccc(CCC[C@@H]3CCN(CCSc4ccoc4)C[C@@H]3CC(=O)O)c2c1. The molecular weight excluding hydrogens is 436 g/mol. The predicted octanol–water partition coefficient (Wildman–Crippen LogP) is 5.36. The summed E-state index contributed by atoms with van der Waals surface area (Å²) in [5.74, 6) is 1.82. The lowest BCUT2D eigenvalue weighted by Crippen LogP contribution is -2.42. The third-order valence-electron chi connectivity index (χ3n) is 6.64. The first-order chi connectivity index (χ1) is 16.1. The number of carboxylic acid groups (broad SMARTS) is 1. The molecule has 7 heteroatoms. The van der Waals surface area contributed by atoms with Crippen molar-refractivity contribution in [3.8, 4) is 5.75 Å². The van der Waals surface area contributed by atoms with Crippen LogP contribution in [0.15, 0.2) is 58.4 Å². The maximum absolute atomic E-state index is 11.5. The van der Waals surface area contributed by atoms with Crippen LogP contribution in [0.3, 0.4) is 0 Å². The third kappa shape index (κ3) is 6.51. The molecule has 6 nitrogen and oxygen atoms in total. The van der Waals surface area contributed by atoms with E-state index in [1.54, 1.807) is 31.4 Å². The molecule has 1 fully saturated rings. The van der Waals surface area contributed by atoms with Crippen LogP contribution in [-0.4, -0.2) is 53.5 Å². The van der Waals surface area contributed by atoms with E-state index < -0.39 is 5.97 Å². The first kappa shape index (κ1) is 23.6. The van der Waals surface area contributed by atoms with Gasteiger partial charge in [-0.05, 0) is 80.0 Å². The lowest BCUT2D eigenvalue weighted by atomic mass is 9.80. The quantitative estimate of drug-likeness (QED) is 0.379. The fraction of sp³-hybridized carbons (Fsp3) is 0.462. The molecule has 0 bridgehead atoms.